The number of nitrogens with zero attached hydrogens (tertiary/aromatic N) is 1. The Hall–Kier alpha value is -3.33. The summed E-state index contributed by atoms with van der Waals surface area (Å²) in [5, 5.41) is 11.7. The van der Waals surface area contributed by atoms with E-state index in [0.29, 0.717) is 35.1 Å². The molecule has 2 rings (SSSR count). The molecule has 0 heterocycles. The van der Waals surface area contributed by atoms with Gasteiger partial charge in [-0.15, -0.1) is 0 Å². The molecule has 1 N–H and O–H groups in total. The lowest BCUT2D eigenvalue weighted by atomic mass is 10.2. The van der Waals surface area contributed by atoms with Gasteiger partial charge in [-0.1, -0.05) is 32.0 Å². The molecule has 0 saturated heterocycles. The minimum Gasteiger partial charge on any atom is -0.493 e. The van der Waals surface area contributed by atoms with Crippen LogP contribution in [0.4, 0.5) is 5.69 Å². The van der Waals surface area contributed by atoms with Gasteiger partial charge in [0.15, 0.2) is 6.10 Å². The number of para-hydroxylation sites is 1. The molecule has 0 aromatic heterocycles. The molecule has 0 aliphatic rings. The fourth-order valence-electron chi connectivity index (χ4n) is 2.18. The maximum absolute atomic E-state index is 12.3. The third-order valence-electron chi connectivity index (χ3n) is 3.61. The summed E-state index contributed by atoms with van der Waals surface area (Å²) in [7, 11) is 0. The summed E-state index contributed by atoms with van der Waals surface area (Å²) >= 11 is 0. The highest BCUT2D eigenvalue weighted by Gasteiger charge is 2.20. The van der Waals surface area contributed by atoms with E-state index in [1.54, 1.807) is 48.5 Å². The third-order valence-corrected chi connectivity index (χ3v) is 3.61. The molecule has 1 atom stereocenters. The van der Waals surface area contributed by atoms with Crippen molar-refractivity contribution in [2.75, 3.05) is 11.9 Å². The Balaban J connectivity index is 1.99. The van der Waals surface area contributed by atoms with Crippen molar-refractivity contribution in [2.45, 2.75) is 26.9 Å². The molecule has 1 amide bonds. The van der Waals surface area contributed by atoms with Crippen LogP contribution in [-0.4, -0.2) is 24.6 Å². The van der Waals surface area contributed by atoms with E-state index in [1.165, 1.54) is 6.92 Å². The lowest BCUT2D eigenvalue weighted by molar-refractivity contribution is -0.123. The molecule has 140 valence electrons. The number of nitrogens with one attached hydrogen (secondary N) is 1. The van der Waals surface area contributed by atoms with Gasteiger partial charge in [0.25, 0.3) is 5.91 Å². The van der Waals surface area contributed by atoms with Crippen LogP contribution in [0.15, 0.2) is 48.5 Å². The lowest BCUT2D eigenvalue weighted by Gasteiger charge is -2.15. The number of hydrogen-bond donors (Lipinski definition) is 1. The highest BCUT2D eigenvalue weighted by molar-refractivity contribution is 5.98. The molecule has 2 aromatic rings. The third kappa shape index (κ3) is 5.86. The Morgan fingerprint density at radius 2 is 1.85 bits per heavy atom. The van der Waals surface area contributed by atoms with Gasteiger partial charge in [-0.3, -0.25) is 4.79 Å². The fourth-order valence-corrected chi connectivity index (χ4v) is 2.18. The smallest absolute Gasteiger partial charge is 0.339 e. The van der Waals surface area contributed by atoms with Crippen LogP contribution in [-0.2, 0) is 9.53 Å². The van der Waals surface area contributed by atoms with Crippen LogP contribution in [0.5, 0.6) is 5.75 Å². The first-order valence-corrected chi connectivity index (χ1v) is 8.64. The molecule has 27 heavy (non-hydrogen) atoms. The molecular formula is C21H22N2O4. The summed E-state index contributed by atoms with van der Waals surface area (Å²) in [6.45, 7) is 6.07. The number of anilines is 1. The zero-order valence-electron chi connectivity index (χ0n) is 15.6. The van der Waals surface area contributed by atoms with Crippen LogP contribution < -0.4 is 10.1 Å². The van der Waals surface area contributed by atoms with Crippen molar-refractivity contribution in [1.82, 2.24) is 0 Å². The molecule has 0 aliphatic heterocycles. The summed E-state index contributed by atoms with van der Waals surface area (Å²) < 4.78 is 10.8. The summed E-state index contributed by atoms with van der Waals surface area (Å²) in [5.41, 5.74) is 1.00. The Morgan fingerprint density at radius 3 is 2.56 bits per heavy atom. The van der Waals surface area contributed by atoms with Gasteiger partial charge in [0.05, 0.1) is 23.4 Å². The van der Waals surface area contributed by atoms with E-state index in [0.717, 1.165) is 0 Å². The van der Waals surface area contributed by atoms with Crippen molar-refractivity contribution in [1.29, 1.82) is 5.26 Å². The average molecular weight is 366 g/mol. The van der Waals surface area contributed by atoms with Crippen molar-refractivity contribution in [3.63, 3.8) is 0 Å². The second kappa shape index (κ2) is 9.39. The number of carbonyl (C=O) groups excluding carboxylic acids is 2. The molecule has 0 bridgehead atoms. The molecule has 6 nitrogen and oxygen atoms in total. The van der Waals surface area contributed by atoms with Crippen LogP contribution in [0.1, 0.15) is 36.7 Å². The zero-order chi connectivity index (χ0) is 19.8. The Morgan fingerprint density at radius 1 is 1.11 bits per heavy atom. The molecule has 0 fully saturated rings. The first-order chi connectivity index (χ1) is 12.9. The van der Waals surface area contributed by atoms with Gasteiger partial charge in [-0.2, -0.15) is 5.26 Å². The normalized spacial score (nSPS) is 11.4. The number of rotatable bonds is 7. The van der Waals surface area contributed by atoms with E-state index >= 15 is 0 Å². The van der Waals surface area contributed by atoms with Crippen LogP contribution in [0.3, 0.4) is 0 Å². The number of nitriles is 1. The number of esters is 1. The Bertz CT molecular complexity index is 855. The first kappa shape index (κ1) is 20.0. The predicted octanol–water partition coefficient (Wildman–Crippen LogP) is 3.78. The maximum Gasteiger partial charge on any atom is 0.339 e. The van der Waals surface area contributed by atoms with Crippen molar-refractivity contribution in [3.05, 3.63) is 59.7 Å². The Labute approximate surface area is 158 Å². The molecule has 2 aromatic carbocycles. The summed E-state index contributed by atoms with van der Waals surface area (Å²) in [5.74, 6) is -0.210. The monoisotopic (exact) mass is 366 g/mol. The number of amides is 1. The quantitative estimate of drug-likeness (QED) is 0.754. The summed E-state index contributed by atoms with van der Waals surface area (Å²) in [6.07, 6.45) is -1.02. The first-order valence-electron chi connectivity index (χ1n) is 8.64. The number of hydrogen-bond acceptors (Lipinski definition) is 5. The van der Waals surface area contributed by atoms with E-state index in [2.05, 4.69) is 5.32 Å². The van der Waals surface area contributed by atoms with Gasteiger partial charge in [-0.25, -0.2) is 4.79 Å². The highest BCUT2D eigenvalue weighted by atomic mass is 16.5. The van der Waals surface area contributed by atoms with Crippen LogP contribution in [0.25, 0.3) is 0 Å². The predicted molar refractivity (Wildman–Crippen MR) is 101 cm³/mol. The lowest BCUT2D eigenvalue weighted by Crippen LogP contribution is -2.30. The van der Waals surface area contributed by atoms with E-state index in [1.807, 2.05) is 19.9 Å². The van der Waals surface area contributed by atoms with Crippen molar-refractivity contribution >= 4 is 17.6 Å². The number of ether oxygens (including phenoxy) is 2. The van der Waals surface area contributed by atoms with Crippen molar-refractivity contribution < 1.29 is 19.1 Å². The van der Waals surface area contributed by atoms with E-state index in [-0.39, 0.29) is 0 Å². The van der Waals surface area contributed by atoms with Crippen LogP contribution in [0.2, 0.25) is 0 Å². The van der Waals surface area contributed by atoms with E-state index in [4.69, 9.17) is 14.7 Å². The Kier molecular flexibility index (Phi) is 6.95. The standard InChI is InChI=1S/C21H22N2O4/c1-14(2)13-26-18-9-6-8-16(11-18)21(25)27-15(3)20(24)23-19-10-5-4-7-17(19)12-22/h4-11,14-15H,13H2,1-3H3,(H,23,24). The minimum absolute atomic E-state index is 0.299. The second-order valence-electron chi connectivity index (χ2n) is 6.43. The fraction of sp³-hybridized carbons (Fsp3) is 0.286. The van der Waals surface area contributed by atoms with Gasteiger partial charge in [0, 0.05) is 0 Å². The molecule has 1 unspecified atom stereocenters. The number of benzene rings is 2. The second-order valence-corrected chi connectivity index (χ2v) is 6.43. The van der Waals surface area contributed by atoms with Gasteiger partial charge in [-0.05, 0) is 43.2 Å². The average Bonchev–Trinajstić information content (AvgIpc) is 2.66. The molecule has 0 spiro atoms. The van der Waals surface area contributed by atoms with Crippen molar-refractivity contribution in [2.24, 2.45) is 5.92 Å². The summed E-state index contributed by atoms with van der Waals surface area (Å²) in [4.78, 5) is 24.6. The highest BCUT2D eigenvalue weighted by Crippen LogP contribution is 2.17. The number of carbonyl (C=O) groups is 2. The van der Waals surface area contributed by atoms with Gasteiger partial charge in [0.2, 0.25) is 0 Å². The molecule has 0 radical (unpaired) electrons. The van der Waals surface area contributed by atoms with Crippen molar-refractivity contribution in [3.8, 4) is 11.8 Å². The topological polar surface area (TPSA) is 88.4 Å². The molecule has 0 aliphatic carbocycles. The molecule has 6 heteroatoms. The molecule has 0 saturated carbocycles. The van der Waals surface area contributed by atoms with Gasteiger partial charge in [0.1, 0.15) is 11.8 Å². The van der Waals surface area contributed by atoms with E-state index in [9.17, 15) is 9.59 Å². The SMILES string of the molecule is CC(C)COc1cccc(C(=O)OC(C)C(=O)Nc2ccccc2C#N)c1. The zero-order valence-corrected chi connectivity index (χ0v) is 15.6. The van der Waals surface area contributed by atoms with Crippen LogP contribution in [0, 0.1) is 17.2 Å². The summed E-state index contributed by atoms with van der Waals surface area (Å²) in [6, 6.07) is 15.2. The maximum atomic E-state index is 12.3. The molecular weight excluding hydrogens is 344 g/mol. The largest absolute Gasteiger partial charge is 0.493 e. The van der Waals surface area contributed by atoms with E-state index < -0.39 is 18.0 Å². The van der Waals surface area contributed by atoms with Gasteiger partial charge < -0.3 is 14.8 Å². The van der Waals surface area contributed by atoms with Crippen LogP contribution >= 0.6 is 0 Å². The minimum atomic E-state index is -1.02. The van der Waals surface area contributed by atoms with Gasteiger partial charge >= 0.3 is 5.97 Å².